The van der Waals surface area contributed by atoms with Gasteiger partial charge in [0.15, 0.2) is 0 Å². The average Bonchev–Trinajstić information content (AvgIpc) is 2.09. The van der Waals surface area contributed by atoms with Crippen LogP contribution in [0.5, 0.6) is 0 Å². The maximum atomic E-state index is 3.59. The zero-order valence-electron chi connectivity index (χ0n) is 10.5. The molecule has 1 atom stereocenters. The van der Waals surface area contributed by atoms with E-state index in [-0.39, 0.29) is 5.54 Å². The average molecular weight is 217 g/mol. The molecule has 0 saturated heterocycles. The zero-order valence-corrected chi connectivity index (χ0v) is 11.3. The first kappa shape index (κ1) is 14.3. The van der Waals surface area contributed by atoms with Crippen molar-refractivity contribution in [1.82, 2.24) is 5.32 Å². The molecule has 2 heteroatoms. The molecule has 0 aromatic carbocycles. The third-order valence-corrected chi connectivity index (χ3v) is 3.16. The first-order valence-corrected chi connectivity index (χ1v) is 7.13. The van der Waals surface area contributed by atoms with Gasteiger partial charge in [-0.2, -0.15) is 11.8 Å². The Morgan fingerprint density at radius 1 is 1.29 bits per heavy atom. The van der Waals surface area contributed by atoms with E-state index in [1.54, 1.807) is 0 Å². The van der Waals surface area contributed by atoms with Crippen molar-refractivity contribution in [2.24, 2.45) is 5.92 Å². The lowest BCUT2D eigenvalue weighted by Crippen LogP contribution is -2.39. The number of hydrogen-bond donors (Lipinski definition) is 1. The Morgan fingerprint density at radius 2 is 1.93 bits per heavy atom. The fraction of sp³-hybridized carbons (Fsp3) is 1.00. The molecule has 1 unspecified atom stereocenters. The summed E-state index contributed by atoms with van der Waals surface area (Å²) in [6.45, 7) is 10.2. The molecule has 0 rings (SSSR count). The Balaban J connectivity index is 3.58. The molecule has 0 spiro atoms. The molecule has 1 nitrogen and oxygen atoms in total. The van der Waals surface area contributed by atoms with E-state index in [9.17, 15) is 0 Å². The molecular weight excluding hydrogens is 190 g/mol. The van der Waals surface area contributed by atoms with Gasteiger partial charge in [-0.05, 0) is 58.1 Å². The molecule has 0 radical (unpaired) electrons. The molecule has 0 saturated carbocycles. The van der Waals surface area contributed by atoms with Gasteiger partial charge in [-0.1, -0.05) is 13.3 Å². The summed E-state index contributed by atoms with van der Waals surface area (Å²) >= 11 is 1.96. The molecule has 0 aliphatic rings. The largest absolute Gasteiger partial charge is 0.312 e. The summed E-state index contributed by atoms with van der Waals surface area (Å²) in [7, 11) is 0. The topological polar surface area (TPSA) is 12.0 Å². The van der Waals surface area contributed by atoms with Crippen LogP contribution < -0.4 is 5.32 Å². The molecule has 14 heavy (non-hydrogen) atoms. The molecule has 0 bridgehead atoms. The van der Waals surface area contributed by atoms with Crippen molar-refractivity contribution in [1.29, 1.82) is 0 Å². The molecule has 1 N–H and O–H groups in total. The molecular formula is C12H27NS. The zero-order chi connectivity index (χ0) is 11.0. The van der Waals surface area contributed by atoms with Crippen LogP contribution in [-0.2, 0) is 0 Å². The van der Waals surface area contributed by atoms with E-state index < -0.39 is 0 Å². The smallest absolute Gasteiger partial charge is 0.00966 e. The molecule has 0 fully saturated rings. The van der Waals surface area contributed by atoms with Gasteiger partial charge < -0.3 is 5.32 Å². The summed E-state index contributed by atoms with van der Waals surface area (Å²) in [6, 6.07) is 0. The van der Waals surface area contributed by atoms with Crippen molar-refractivity contribution in [3.05, 3.63) is 0 Å². The number of thioether (sulfide) groups is 1. The fourth-order valence-corrected chi connectivity index (χ4v) is 1.87. The van der Waals surface area contributed by atoms with Crippen LogP contribution in [0.25, 0.3) is 0 Å². The molecule has 86 valence electrons. The van der Waals surface area contributed by atoms with Crippen LogP contribution in [0.2, 0.25) is 0 Å². The standard InChI is InChI=1S/C12H27NS/c1-6-11(8-7-9-14-5)10-13-12(2,3)4/h11,13H,6-10H2,1-5H3. The third kappa shape index (κ3) is 8.89. The van der Waals surface area contributed by atoms with E-state index in [4.69, 9.17) is 0 Å². The summed E-state index contributed by atoms with van der Waals surface area (Å²) in [5.74, 6) is 2.17. The van der Waals surface area contributed by atoms with Crippen molar-refractivity contribution >= 4 is 11.8 Å². The SMILES string of the molecule is CCC(CCCSC)CNC(C)(C)C. The number of hydrogen-bond acceptors (Lipinski definition) is 2. The second-order valence-corrected chi connectivity index (χ2v) is 6.03. The highest BCUT2D eigenvalue weighted by Gasteiger charge is 2.12. The highest BCUT2D eigenvalue weighted by atomic mass is 32.2. The third-order valence-electron chi connectivity index (χ3n) is 2.46. The first-order chi connectivity index (χ1) is 6.49. The molecule has 0 aromatic heterocycles. The Morgan fingerprint density at radius 3 is 2.36 bits per heavy atom. The van der Waals surface area contributed by atoms with E-state index in [0.29, 0.717) is 0 Å². The van der Waals surface area contributed by atoms with E-state index >= 15 is 0 Å². The van der Waals surface area contributed by atoms with E-state index in [0.717, 1.165) is 5.92 Å². The highest BCUT2D eigenvalue weighted by Crippen LogP contribution is 2.13. The van der Waals surface area contributed by atoms with Crippen LogP contribution in [0.4, 0.5) is 0 Å². The van der Waals surface area contributed by atoms with Crippen molar-refractivity contribution in [3.63, 3.8) is 0 Å². The maximum absolute atomic E-state index is 3.59. The second kappa shape index (κ2) is 7.58. The predicted molar refractivity (Wildman–Crippen MR) is 69.2 cm³/mol. The highest BCUT2D eigenvalue weighted by molar-refractivity contribution is 7.98. The summed E-state index contributed by atoms with van der Waals surface area (Å²) in [5.41, 5.74) is 0.271. The van der Waals surface area contributed by atoms with E-state index in [2.05, 4.69) is 39.3 Å². The van der Waals surface area contributed by atoms with Gasteiger partial charge >= 0.3 is 0 Å². The quantitative estimate of drug-likeness (QED) is 0.655. The Kier molecular flexibility index (Phi) is 7.75. The molecule has 0 heterocycles. The second-order valence-electron chi connectivity index (χ2n) is 5.04. The summed E-state index contributed by atoms with van der Waals surface area (Å²) in [6.07, 6.45) is 6.23. The van der Waals surface area contributed by atoms with E-state index in [1.807, 2.05) is 11.8 Å². The van der Waals surface area contributed by atoms with Crippen molar-refractivity contribution in [3.8, 4) is 0 Å². The summed E-state index contributed by atoms with van der Waals surface area (Å²) < 4.78 is 0. The van der Waals surface area contributed by atoms with Crippen LogP contribution in [0.15, 0.2) is 0 Å². The van der Waals surface area contributed by atoms with Crippen LogP contribution in [0, 0.1) is 5.92 Å². The van der Waals surface area contributed by atoms with Gasteiger partial charge in [0.1, 0.15) is 0 Å². The van der Waals surface area contributed by atoms with Gasteiger partial charge in [-0.15, -0.1) is 0 Å². The Labute approximate surface area is 94.4 Å². The van der Waals surface area contributed by atoms with Crippen LogP contribution in [0.1, 0.15) is 47.0 Å². The van der Waals surface area contributed by atoms with Crippen molar-refractivity contribution in [2.45, 2.75) is 52.5 Å². The van der Waals surface area contributed by atoms with Gasteiger partial charge in [0.25, 0.3) is 0 Å². The molecule has 0 aliphatic heterocycles. The normalized spacial score (nSPS) is 14.4. The predicted octanol–water partition coefficient (Wildman–Crippen LogP) is 3.54. The Hall–Kier alpha value is 0.310. The van der Waals surface area contributed by atoms with Gasteiger partial charge in [0, 0.05) is 5.54 Å². The number of rotatable bonds is 7. The molecule has 0 aromatic rings. The molecule has 0 aliphatic carbocycles. The number of nitrogens with one attached hydrogen (secondary N) is 1. The summed E-state index contributed by atoms with van der Waals surface area (Å²) in [4.78, 5) is 0. The minimum absolute atomic E-state index is 0.271. The maximum Gasteiger partial charge on any atom is 0.00966 e. The Bertz CT molecular complexity index is 129. The van der Waals surface area contributed by atoms with Crippen LogP contribution in [-0.4, -0.2) is 24.1 Å². The van der Waals surface area contributed by atoms with Gasteiger partial charge in [0.2, 0.25) is 0 Å². The first-order valence-electron chi connectivity index (χ1n) is 5.73. The van der Waals surface area contributed by atoms with Crippen molar-refractivity contribution < 1.29 is 0 Å². The fourth-order valence-electron chi connectivity index (χ4n) is 1.42. The monoisotopic (exact) mass is 217 g/mol. The van der Waals surface area contributed by atoms with Gasteiger partial charge in [-0.25, -0.2) is 0 Å². The summed E-state index contributed by atoms with van der Waals surface area (Å²) in [5, 5.41) is 3.59. The van der Waals surface area contributed by atoms with Crippen molar-refractivity contribution in [2.75, 3.05) is 18.6 Å². The minimum Gasteiger partial charge on any atom is -0.312 e. The lowest BCUT2D eigenvalue weighted by molar-refractivity contribution is 0.351. The van der Waals surface area contributed by atoms with Gasteiger partial charge in [-0.3, -0.25) is 0 Å². The molecule has 0 amide bonds. The minimum atomic E-state index is 0.271. The lowest BCUT2D eigenvalue weighted by Gasteiger charge is -2.24. The van der Waals surface area contributed by atoms with Crippen LogP contribution >= 0.6 is 11.8 Å². The van der Waals surface area contributed by atoms with E-state index in [1.165, 1.54) is 31.6 Å². The van der Waals surface area contributed by atoms with Crippen LogP contribution in [0.3, 0.4) is 0 Å². The van der Waals surface area contributed by atoms with Gasteiger partial charge in [0.05, 0.1) is 0 Å². The lowest BCUT2D eigenvalue weighted by atomic mass is 9.99.